The molecule has 13 heavy (non-hydrogen) atoms. The molecule has 0 rings (SSSR count). The lowest BCUT2D eigenvalue weighted by molar-refractivity contribution is -0.119. The lowest BCUT2D eigenvalue weighted by atomic mass is 10.0. The van der Waals surface area contributed by atoms with Crippen molar-refractivity contribution in [2.45, 2.75) is 33.2 Å². The number of nitrogens with one attached hydrogen (secondary N) is 1. The summed E-state index contributed by atoms with van der Waals surface area (Å²) in [6.07, 6.45) is 1.04. The minimum absolute atomic E-state index is 0.0625. The zero-order valence-corrected chi connectivity index (χ0v) is 9.42. The first-order valence-electron chi connectivity index (χ1n) is 4.83. The summed E-state index contributed by atoms with van der Waals surface area (Å²) in [5, 5.41) is 2.96. The van der Waals surface area contributed by atoms with Crippen LogP contribution in [0, 0.1) is 5.92 Å². The Kier molecular flexibility index (Phi) is 5.71. The molecular formula is C10H22N2O. The predicted octanol–water partition coefficient (Wildman–Crippen LogP) is 1.10. The molecule has 0 aliphatic rings. The Morgan fingerprint density at radius 3 is 2.23 bits per heavy atom. The van der Waals surface area contributed by atoms with E-state index in [-0.39, 0.29) is 11.9 Å². The van der Waals surface area contributed by atoms with Gasteiger partial charge in [-0.2, -0.15) is 0 Å². The summed E-state index contributed by atoms with van der Waals surface area (Å²) in [6, 6.07) is 0.285. The third kappa shape index (κ3) is 7.78. The number of hydrogen-bond donors (Lipinski definition) is 1. The van der Waals surface area contributed by atoms with Gasteiger partial charge in [0.15, 0.2) is 0 Å². The van der Waals surface area contributed by atoms with Gasteiger partial charge in [0.25, 0.3) is 0 Å². The van der Waals surface area contributed by atoms with Gasteiger partial charge in [0.05, 0.1) is 0 Å². The number of likely N-dealkylation sites (N-methyl/N-ethyl adjacent to an activating group) is 1. The normalized spacial score (nSPS) is 13.5. The van der Waals surface area contributed by atoms with Gasteiger partial charge in [-0.1, -0.05) is 13.8 Å². The summed E-state index contributed by atoms with van der Waals surface area (Å²) in [7, 11) is 4.05. The van der Waals surface area contributed by atoms with Crippen LogP contribution in [0.2, 0.25) is 0 Å². The van der Waals surface area contributed by atoms with Gasteiger partial charge in [-0.05, 0) is 26.4 Å². The molecule has 0 aromatic heterocycles. The van der Waals surface area contributed by atoms with E-state index in [0.29, 0.717) is 5.92 Å². The lowest BCUT2D eigenvalue weighted by Crippen LogP contribution is -2.41. The van der Waals surface area contributed by atoms with Crippen molar-refractivity contribution in [2.24, 2.45) is 5.92 Å². The van der Waals surface area contributed by atoms with E-state index in [1.54, 1.807) is 6.92 Å². The van der Waals surface area contributed by atoms with Crippen LogP contribution >= 0.6 is 0 Å². The molecule has 0 radical (unpaired) electrons. The van der Waals surface area contributed by atoms with Crippen LogP contribution in [-0.4, -0.2) is 37.5 Å². The maximum absolute atomic E-state index is 10.9. The Morgan fingerprint density at radius 1 is 1.38 bits per heavy atom. The number of carbonyl (C=O) groups is 1. The molecule has 0 fully saturated rings. The van der Waals surface area contributed by atoms with E-state index in [0.717, 1.165) is 13.0 Å². The van der Waals surface area contributed by atoms with E-state index < -0.39 is 0 Å². The SMILES string of the molecule is CC(=O)N[C@@H](CC(C)C)CN(C)C. The predicted molar refractivity (Wildman–Crippen MR) is 55.6 cm³/mol. The number of rotatable bonds is 5. The van der Waals surface area contributed by atoms with Crippen LogP contribution in [0.3, 0.4) is 0 Å². The van der Waals surface area contributed by atoms with Gasteiger partial charge in [-0.15, -0.1) is 0 Å². The fraction of sp³-hybridized carbons (Fsp3) is 0.900. The Hall–Kier alpha value is -0.570. The molecule has 0 saturated carbocycles. The van der Waals surface area contributed by atoms with Crippen molar-refractivity contribution in [3.63, 3.8) is 0 Å². The fourth-order valence-electron chi connectivity index (χ4n) is 1.48. The third-order valence-electron chi connectivity index (χ3n) is 1.75. The summed E-state index contributed by atoms with van der Waals surface area (Å²) in [6.45, 7) is 6.83. The Bertz CT molecular complexity index is 145. The average molecular weight is 186 g/mol. The van der Waals surface area contributed by atoms with Crippen LogP contribution in [0.25, 0.3) is 0 Å². The van der Waals surface area contributed by atoms with Crippen LogP contribution in [0.5, 0.6) is 0 Å². The first kappa shape index (κ1) is 12.4. The smallest absolute Gasteiger partial charge is 0.217 e. The number of nitrogens with zero attached hydrogens (tertiary/aromatic N) is 1. The van der Waals surface area contributed by atoms with Crippen molar-refractivity contribution >= 4 is 5.91 Å². The summed E-state index contributed by atoms with van der Waals surface area (Å²) in [5.41, 5.74) is 0. The number of hydrogen-bond acceptors (Lipinski definition) is 2. The maximum atomic E-state index is 10.9. The minimum Gasteiger partial charge on any atom is -0.352 e. The topological polar surface area (TPSA) is 32.3 Å². The second kappa shape index (κ2) is 5.97. The van der Waals surface area contributed by atoms with Crippen LogP contribution < -0.4 is 5.32 Å². The zero-order chi connectivity index (χ0) is 10.4. The molecule has 1 atom stereocenters. The highest BCUT2D eigenvalue weighted by Gasteiger charge is 2.12. The van der Waals surface area contributed by atoms with Crippen molar-refractivity contribution in [3.8, 4) is 0 Å². The Labute approximate surface area is 81.5 Å². The van der Waals surface area contributed by atoms with E-state index in [1.807, 2.05) is 14.1 Å². The molecule has 0 saturated heterocycles. The lowest BCUT2D eigenvalue weighted by Gasteiger charge is -2.23. The van der Waals surface area contributed by atoms with Gasteiger partial charge >= 0.3 is 0 Å². The zero-order valence-electron chi connectivity index (χ0n) is 9.42. The van der Waals surface area contributed by atoms with E-state index in [2.05, 4.69) is 24.1 Å². The van der Waals surface area contributed by atoms with Gasteiger partial charge in [0, 0.05) is 19.5 Å². The summed E-state index contributed by atoms with van der Waals surface area (Å²) < 4.78 is 0. The molecule has 3 heteroatoms. The van der Waals surface area contributed by atoms with Crippen molar-refractivity contribution in [1.29, 1.82) is 0 Å². The van der Waals surface area contributed by atoms with Crippen molar-refractivity contribution in [2.75, 3.05) is 20.6 Å². The largest absolute Gasteiger partial charge is 0.352 e. The van der Waals surface area contributed by atoms with E-state index in [1.165, 1.54) is 0 Å². The van der Waals surface area contributed by atoms with Gasteiger partial charge in [0.1, 0.15) is 0 Å². The molecule has 0 aromatic rings. The quantitative estimate of drug-likeness (QED) is 0.697. The molecule has 0 bridgehead atoms. The molecule has 3 nitrogen and oxygen atoms in total. The fourth-order valence-corrected chi connectivity index (χ4v) is 1.48. The Morgan fingerprint density at radius 2 is 1.92 bits per heavy atom. The molecule has 1 N–H and O–H groups in total. The van der Waals surface area contributed by atoms with E-state index >= 15 is 0 Å². The number of carbonyl (C=O) groups excluding carboxylic acids is 1. The van der Waals surface area contributed by atoms with Crippen LogP contribution in [0.15, 0.2) is 0 Å². The standard InChI is InChI=1S/C10H22N2O/c1-8(2)6-10(7-12(4)5)11-9(3)13/h8,10H,6-7H2,1-5H3,(H,11,13)/t10-/m0/s1. The van der Waals surface area contributed by atoms with Crippen LogP contribution in [-0.2, 0) is 4.79 Å². The van der Waals surface area contributed by atoms with Crippen LogP contribution in [0.1, 0.15) is 27.2 Å². The van der Waals surface area contributed by atoms with E-state index in [9.17, 15) is 4.79 Å². The monoisotopic (exact) mass is 186 g/mol. The second-order valence-electron chi connectivity index (χ2n) is 4.29. The second-order valence-corrected chi connectivity index (χ2v) is 4.29. The third-order valence-corrected chi connectivity index (χ3v) is 1.75. The molecule has 0 unspecified atom stereocenters. The van der Waals surface area contributed by atoms with Gasteiger partial charge < -0.3 is 10.2 Å². The van der Waals surface area contributed by atoms with Crippen molar-refractivity contribution in [3.05, 3.63) is 0 Å². The molecule has 0 spiro atoms. The van der Waals surface area contributed by atoms with Crippen molar-refractivity contribution < 1.29 is 4.79 Å². The highest BCUT2D eigenvalue weighted by atomic mass is 16.1. The molecule has 78 valence electrons. The summed E-state index contributed by atoms with van der Waals surface area (Å²) >= 11 is 0. The molecule has 0 heterocycles. The Balaban J connectivity index is 3.95. The maximum Gasteiger partial charge on any atom is 0.217 e. The molecule has 0 aliphatic carbocycles. The minimum atomic E-state index is 0.0625. The van der Waals surface area contributed by atoms with Crippen LogP contribution in [0.4, 0.5) is 0 Å². The van der Waals surface area contributed by atoms with Gasteiger partial charge in [0.2, 0.25) is 5.91 Å². The highest BCUT2D eigenvalue weighted by Crippen LogP contribution is 2.05. The molecule has 0 aromatic carbocycles. The first-order chi connectivity index (χ1) is 5.91. The van der Waals surface area contributed by atoms with Gasteiger partial charge in [-0.3, -0.25) is 4.79 Å². The summed E-state index contributed by atoms with van der Waals surface area (Å²) in [4.78, 5) is 13.0. The van der Waals surface area contributed by atoms with E-state index in [4.69, 9.17) is 0 Å². The molecule has 0 aliphatic heterocycles. The summed E-state index contributed by atoms with van der Waals surface area (Å²) in [5.74, 6) is 0.685. The van der Waals surface area contributed by atoms with Gasteiger partial charge in [-0.25, -0.2) is 0 Å². The van der Waals surface area contributed by atoms with Crippen molar-refractivity contribution in [1.82, 2.24) is 10.2 Å². The first-order valence-corrected chi connectivity index (χ1v) is 4.83. The highest BCUT2D eigenvalue weighted by molar-refractivity contribution is 5.73. The average Bonchev–Trinajstić information content (AvgIpc) is 1.80. The number of amides is 1. The molecule has 1 amide bonds. The molecular weight excluding hydrogens is 164 g/mol.